The molecule has 1 aromatic carbocycles. The number of methoxy groups -OCH3 is 1. The van der Waals surface area contributed by atoms with Crippen LogP contribution in [0, 0.1) is 6.92 Å². The second-order valence-electron chi connectivity index (χ2n) is 4.29. The second-order valence-corrected chi connectivity index (χ2v) is 4.29. The van der Waals surface area contributed by atoms with E-state index in [1.165, 1.54) is 7.11 Å². The minimum atomic E-state index is -0.701. The van der Waals surface area contributed by atoms with Gasteiger partial charge in [-0.2, -0.15) is 0 Å². The highest BCUT2D eigenvalue weighted by atomic mass is 16.5. The van der Waals surface area contributed by atoms with Crippen LogP contribution in [0.1, 0.15) is 19.4 Å². The van der Waals surface area contributed by atoms with Crippen LogP contribution in [0.5, 0.6) is 5.75 Å². The molecule has 0 aromatic heterocycles. The summed E-state index contributed by atoms with van der Waals surface area (Å²) in [5.74, 6) is -0.840. The molecule has 0 unspecified atom stereocenters. The van der Waals surface area contributed by atoms with Gasteiger partial charge in [-0.1, -0.05) is 6.07 Å². The van der Waals surface area contributed by atoms with Gasteiger partial charge in [-0.3, -0.25) is 9.59 Å². The molecule has 0 atom stereocenters. The molecule has 0 aliphatic rings. The van der Waals surface area contributed by atoms with E-state index in [4.69, 9.17) is 4.74 Å². The van der Waals surface area contributed by atoms with E-state index in [1.54, 1.807) is 26.0 Å². The Labute approximate surface area is 107 Å². The van der Waals surface area contributed by atoms with Gasteiger partial charge in [-0.25, -0.2) is 0 Å². The summed E-state index contributed by atoms with van der Waals surface area (Å²) in [6.07, 6.45) is 0. The number of hydrogen-bond acceptors (Lipinski definition) is 3. The van der Waals surface area contributed by atoms with E-state index in [9.17, 15) is 9.59 Å². The van der Waals surface area contributed by atoms with Crippen molar-refractivity contribution in [2.24, 2.45) is 0 Å². The highest BCUT2D eigenvalue weighted by Gasteiger charge is 2.16. The number of benzene rings is 1. The molecule has 0 spiro atoms. The predicted octanol–water partition coefficient (Wildman–Crippen LogP) is 1.47. The average Bonchev–Trinajstić information content (AvgIpc) is 2.28. The third kappa shape index (κ3) is 3.76. The molecule has 5 heteroatoms. The lowest BCUT2D eigenvalue weighted by Gasteiger charge is -2.12. The quantitative estimate of drug-likeness (QED) is 0.798. The van der Waals surface area contributed by atoms with Crippen LogP contribution < -0.4 is 15.4 Å². The van der Waals surface area contributed by atoms with Crippen LogP contribution in [0.4, 0.5) is 5.69 Å². The topological polar surface area (TPSA) is 67.4 Å². The molecule has 0 aliphatic carbocycles. The molecule has 1 aromatic rings. The Morgan fingerprint density at radius 3 is 2.44 bits per heavy atom. The molecule has 18 heavy (non-hydrogen) atoms. The van der Waals surface area contributed by atoms with Gasteiger partial charge in [-0.05, 0) is 38.5 Å². The fraction of sp³-hybridized carbons (Fsp3) is 0.385. The molecule has 2 amide bonds. The van der Waals surface area contributed by atoms with Crippen molar-refractivity contribution in [1.82, 2.24) is 5.32 Å². The molecule has 0 aliphatic heterocycles. The lowest BCUT2D eigenvalue weighted by Crippen LogP contribution is -2.39. The molecular formula is C13H18N2O3. The number of carbonyl (C=O) groups is 2. The van der Waals surface area contributed by atoms with Gasteiger partial charge in [0.15, 0.2) is 0 Å². The molecule has 1 rings (SSSR count). The SMILES string of the molecule is COc1ccc(C)cc1NC(=O)C(=O)NC(C)C. The molecule has 0 radical (unpaired) electrons. The fourth-order valence-electron chi connectivity index (χ4n) is 1.43. The van der Waals surface area contributed by atoms with Gasteiger partial charge in [0.05, 0.1) is 12.8 Å². The van der Waals surface area contributed by atoms with Crippen molar-refractivity contribution >= 4 is 17.5 Å². The van der Waals surface area contributed by atoms with Gasteiger partial charge < -0.3 is 15.4 Å². The first kappa shape index (κ1) is 14.0. The smallest absolute Gasteiger partial charge is 0.313 e. The Morgan fingerprint density at radius 1 is 1.22 bits per heavy atom. The van der Waals surface area contributed by atoms with E-state index >= 15 is 0 Å². The van der Waals surface area contributed by atoms with E-state index in [2.05, 4.69) is 10.6 Å². The summed E-state index contributed by atoms with van der Waals surface area (Å²) in [5.41, 5.74) is 1.46. The van der Waals surface area contributed by atoms with Crippen molar-refractivity contribution in [3.05, 3.63) is 23.8 Å². The zero-order chi connectivity index (χ0) is 13.7. The van der Waals surface area contributed by atoms with Crippen molar-refractivity contribution in [1.29, 1.82) is 0 Å². The minimum Gasteiger partial charge on any atom is -0.495 e. The molecule has 0 fully saturated rings. The van der Waals surface area contributed by atoms with E-state index < -0.39 is 11.8 Å². The molecule has 0 saturated heterocycles. The van der Waals surface area contributed by atoms with Gasteiger partial charge in [0.2, 0.25) is 0 Å². The molecule has 98 valence electrons. The summed E-state index contributed by atoms with van der Waals surface area (Å²) >= 11 is 0. The third-order valence-corrected chi connectivity index (χ3v) is 2.23. The lowest BCUT2D eigenvalue weighted by atomic mass is 10.2. The maximum absolute atomic E-state index is 11.6. The number of aryl methyl sites for hydroxylation is 1. The van der Waals surface area contributed by atoms with E-state index in [-0.39, 0.29) is 6.04 Å². The van der Waals surface area contributed by atoms with Crippen LogP contribution in [-0.4, -0.2) is 25.0 Å². The van der Waals surface area contributed by atoms with Gasteiger partial charge in [0.25, 0.3) is 0 Å². The Morgan fingerprint density at radius 2 is 1.89 bits per heavy atom. The van der Waals surface area contributed by atoms with E-state index in [0.717, 1.165) is 5.56 Å². The van der Waals surface area contributed by atoms with Gasteiger partial charge in [-0.15, -0.1) is 0 Å². The summed E-state index contributed by atoms with van der Waals surface area (Å²) in [6, 6.07) is 5.27. The zero-order valence-corrected chi connectivity index (χ0v) is 11.0. The Hall–Kier alpha value is -2.04. The second kappa shape index (κ2) is 6.05. The van der Waals surface area contributed by atoms with Gasteiger partial charge >= 0.3 is 11.8 Å². The van der Waals surface area contributed by atoms with Crippen molar-refractivity contribution in [3.8, 4) is 5.75 Å². The highest BCUT2D eigenvalue weighted by Crippen LogP contribution is 2.24. The first-order chi connectivity index (χ1) is 8.43. The summed E-state index contributed by atoms with van der Waals surface area (Å²) in [5, 5.41) is 5.05. The van der Waals surface area contributed by atoms with Crippen molar-refractivity contribution in [3.63, 3.8) is 0 Å². The van der Waals surface area contributed by atoms with Crippen LogP contribution in [0.3, 0.4) is 0 Å². The van der Waals surface area contributed by atoms with Crippen LogP contribution in [0.25, 0.3) is 0 Å². The number of amides is 2. The summed E-state index contributed by atoms with van der Waals surface area (Å²) < 4.78 is 5.12. The monoisotopic (exact) mass is 250 g/mol. The largest absolute Gasteiger partial charge is 0.495 e. The van der Waals surface area contributed by atoms with Crippen molar-refractivity contribution < 1.29 is 14.3 Å². The molecule has 5 nitrogen and oxygen atoms in total. The maximum atomic E-state index is 11.6. The number of rotatable bonds is 3. The van der Waals surface area contributed by atoms with Crippen molar-refractivity contribution in [2.45, 2.75) is 26.8 Å². The summed E-state index contributed by atoms with van der Waals surface area (Å²) in [7, 11) is 1.51. The predicted molar refractivity (Wildman–Crippen MR) is 69.6 cm³/mol. The number of ether oxygens (including phenoxy) is 1. The van der Waals surface area contributed by atoms with Crippen LogP contribution in [0.15, 0.2) is 18.2 Å². The number of hydrogen-bond donors (Lipinski definition) is 2. The van der Waals surface area contributed by atoms with E-state index in [1.807, 2.05) is 13.0 Å². The van der Waals surface area contributed by atoms with Crippen LogP contribution >= 0.6 is 0 Å². The Kier molecular flexibility index (Phi) is 4.71. The average molecular weight is 250 g/mol. The molecule has 0 bridgehead atoms. The number of carbonyl (C=O) groups excluding carboxylic acids is 2. The molecule has 2 N–H and O–H groups in total. The minimum absolute atomic E-state index is 0.0809. The third-order valence-electron chi connectivity index (χ3n) is 2.23. The standard InChI is InChI=1S/C13H18N2O3/c1-8(2)14-12(16)13(17)15-10-7-9(3)5-6-11(10)18-4/h5-8H,1-4H3,(H,14,16)(H,15,17). The highest BCUT2D eigenvalue weighted by molar-refractivity contribution is 6.39. The number of nitrogens with one attached hydrogen (secondary N) is 2. The number of anilines is 1. The summed E-state index contributed by atoms with van der Waals surface area (Å²) in [6.45, 7) is 5.47. The zero-order valence-electron chi connectivity index (χ0n) is 11.0. The van der Waals surface area contributed by atoms with Crippen molar-refractivity contribution in [2.75, 3.05) is 12.4 Å². The van der Waals surface area contributed by atoms with Gasteiger partial charge in [0, 0.05) is 6.04 Å². The fourth-order valence-corrected chi connectivity index (χ4v) is 1.43. The first-order valence-electron chi connectivity index (χ1n) is 5.70. The molecule has 0 heterocycles. The van der Waals surface area contributed by atoms with Gasteiger partial charge in [0.1, 0.15) is 5.75 Å². The lowest BCUT2D eigenvalue weighted by molar-refractivity contribution is -0.136. The van der Waals surface area contributed by atoms with Crippen LogP contribution in [0.2, 0.25) is 0 Å². The van der Waals surface area contributed by atoms with Crippen LogP contribution in [-0.2, 0) is 9.59 Å². The maximum Gasteiger partial charge on any atom is 0.313 e. The Bertz CT molecular complexity index is 456. The summed E-state index contributed by atoms with van der Waals surface area (Å²) in [4.78, 5) is 23.1. The normalized spacial score (nSPS) is 10.1. The molecular weight excluding hydrogens is 232 g/mol. The molecule has 0 saturated carbocycles. The van der Waals surface area contributed by atoms with E-state index in [0.29, 0.717) is 11.4 Å². The first-order valence-corrected chi connectivity index (χ1v) is 5.70. The Balaban J connectivity index is 2.81.